The predicted molar refractivity (Wildman–Crippen MR) is 65.9 cm³/mol. The second-order valence-electron chi connectivity index (χ2n) is 3.81. The highest BCUT2D eigenvalue weighted by molar-refractivity contribution is 4.61. The molecule has 0 bridgehead atoms. The Bertz CT molecular complexity index is 133. The first-order valence-corrected chi connectivity index (χ1v) is 6.16. The summed E-state index contributed by atoms with van der Waals surface area (Å²) in [5.74, 6) is 0. The molecule has 1 N–H and O–H groups in total. The molecule has 0 spiro atoms. The number of methoxy groups -OCH3 is 1. The average Bonchev–Trinajstić information content (AvgIpc) is 2.31. The molecule has 0 rings (SSSR count). The first kappa shape index (κ1) is 15.8. The van der Waals surface area contributed by atoms with Gasteiger partial charge in [-0.15, -0.1) is 0 Å². The zero-order chi connectivity index (χ0) is 12.1. The van der Waals surface area contributed by atoms with E-state index in [1.54, 1.807) is 7.11 Å². The molecular formula is C12H27NO3. The smallest absolute Gasteiger partial charge is 0.0700 e. The van der Waals surface area contributed by atoms with Gasteiger partial charge in [-0.1, -0.05) is 13.3 Å². The van der Waals surface area contributed by atoms with Crippen LogP contribution in [0.1, 0.15) is 26.2 Å². The fourth-order valence-electron chi connectivity index (χ4n) is 1.39. The number of ether oxygens (including phenoxy) is 3. The van der Waals surface area contributed by atoms with Crippen LogP contribution in [0, 0.1) is 0 Å². The Balaban J connectivity index is 3.12. The maximum absolute atomic E-state index is 5.57. The summed E-state index contributed by atoms with van der Waals surface area (Å²) in [6, 6.07) is 0.486. The van der Waals surface area contributed by atoms with Crippen LogP contribution in [0.3, 0.4) is 0 Å². The zero-order valence-electron chi connectivity index (χ0n) is 11.0. The van der Waals surface area contributed by atoms with E-state index in [0.717, 1.165) is 26.2 Å². The molecule has 0 aliphatic carbocycles. The van der Waals surface area contributed by atoms with Crippen molar-refractivity contribution in [2.75, 3.05) is 47.2 Å². The van der Waals surface area contributed by atoms with Gasteiger partial charge in [0.05, 0.1) is 19.8 Å². The van der Waals surface area contributed by atoms with Crippen LogP contribution in [0.15, 0.2) is 0 Å². The molecule has 1 unspecified atom stereocenters. The van der Waals surface area contributed by atoms with Crippen LogP contribution in [0.2, 0.25) is 0 Å². The Labute approximate surface area is 99.6 Å². The van der Waals surface area contributed by atoms with Crippen LogP contribution in [-0.2, 0) is 14.2 Å². The molecule has 0 aliphatic rings. The number of likely N-dealkylation sites (N-methyl/N-ethyl adjacent to an activating group) is 1. The van der Waals surface area contributed by atoms with E-state index >= 15 is 0 Å². The van der Waals surface area contributed by atoms with Crippen LogP contribution < -0.4 is 5.32 Å². The summed E-state index contributed by atoms with van der Waals surface area (Å²) < 4.78 is 15.8. The fraction of sp³-hybridized carbons (Fsp3) is 1.00. The molecule has 0 amide bonds. The molecule has 0 aliphatic heterocycles. The lowest BCUT2D eigenvalue weighted by atomic mass is 10.2. The standard InChI is InChI=1S/C12H27NO3/c1-4-6-12(13-2)11-16-8-5-7-15-10-9-14-3/h12-13H,4-11H2,1-3H3. The highest BCUT2D eigenvalue weighted by Crippen LogP contribution is 1.97. The molecule has 0 saturated carbocycles. The second-order valence-corrected chi connectivity index (χ2v) is 3.81. The van der Waals surface area contributed by atoms with Crippen LogP contribution in [-0.4, -0.2) is 53.2 Å². The molecule has 0 aromatic rings. The zero-order valence-corrected chi connectivity index (χ0v) is 11.0. The topological polar surface area (TPSA) is 39.7 Å². The van der Waals surface area contributed by atoms with Crippen molar-refractivity contribution in [1.29, 1.82) is 0 Å². The molecule has 0 heterocycles. The Morgan fingerprint density at radius 2 is 1.81 bits per heavy atom. The third-order valence-corrected chi connectivity index (χ3v) is 2.37. The lowest BCUT2D eigenvalue weighted by Crippen LogP contribution is -2.30. The van der Waals surface area contributed by atoms with E-state index in [2.05, 4.69) is 12.2 Å². The maximum Gasteiger partial charge on any atom is 0.0700 e. The number of rotatable bonds is 12. The molecule has 0 aromatic carbocycles. The van der Waals surface area contributed by atoms with Gasteiger partial charge in [0.15, 0.2) is 0 Å². The largest absolute Gasteiger partial charge is 0.382 e. The quantitative estimate of drug-likeness (QED) is 0.518. The van der Waals surface area contributed by atoms with Crippen molar-refractivity contribution >= 4 is 0 Å². The van der Waals surface area contributed by atoms with Crippen molar-refractivity contribution in [2.45, 2.75) is 32.2 Å². The third-order valence-electron chi connectivity index (χ3n) is 2.37. The van der Waals surface area contributed by atoms with Gasteiger partial charge in [0.2, 0.25) is 0 Å². The van der Waals surface area contributed by atoms with E-state index in [9.17, 15) is 0 Å². The molecule has 0 saturated heterocycles. The average molecular weight is 233 g/mol. The van der Waals surface area contributed by atoms with E-state index in [1.165, 1.54) is 12.8 Å². The van der Waals surface area contributed by atoms with Crippen molar-refractivity contribution in [3.05, 3.63) is 0 Å². The van der Waals surface area contributed by atoms with Gasteiger partial charge in [0, 0.05) is 26.4 Å². The first-order chi connectivity index (χ1) is 7.85. The van der Waals surface area contributed by atoms with Crippen LogP contribution in [0.25, 0.3) is 0 Å². The molecule has 0 radical (unpaired) electrons. The van der Waals surface area contributed by atoms with Gasteiger partial charge in [-0.2, -0.15) is 0 Å². The minimum absolute atomic E-state index is 0.486. The molecular weight excluding hydrogens is 206 g/mol. The predicted octanol–water partition coefficient (Wildman–Crippen LogP) is 1.44. The molecule has 4 nitrogen and oxygen atoms in total. The van der Waals surface area contributed by atoms with Crippen molar-refractivity contribution in [2.24, 2.45) is 0 Å². The monoisotopic (exact) mass is 233 g/mol. The summed E-state index contributed by atoms with van der Waals surface area (Å²) in [5.41, 5.74) is 0. The Morgan fingerprint density at radius 1 is 1.06 bits per heavy atom. The van der Waals surface area contributed by atoms with E-state index < -0.39 is 0 Å². The van der Waals surface area contributed by atoms with Gasteiger partial charge in [0.1, 0.15) is 0 Å². The van der Waals surface area contributed by atoms with Gasteiger partial charge < -0.3 is 19.5 Å². The number of hydrogen-bond donors (Lipinski definition) is 1. The van der Waals surface area contributed by atoms with E-state index in [0.29, 0.717) is 19.3 Å². The molecule has 0 aromatic heterocycles. The lowest BCUT2D eigenvalue weighted by molar-refractivity contribution is 0.0474. The molecule has 98 valence electrons. The molecule has 4 heteroatoms. The van der Waals surface area contributed by atoms with E-state index in [1.807, 2.05) is 7.05 Å². The van der Waals surface area contributed by atoms with Crippen LogP contribution in [0.4, 0.5) is 0 Å². The van der Waals surface area contributed by atoms with Crippen molar-refractivity contribution in [3.8, 4) is 0 Å². The Kier molecular flexibility index (Phi) is 12.8. The summed E-state index contributed by atoms with van der Waals surface area (Å²) in [6.45, 7) is 5.84. The Hall–Kier alpha value is -0.160. The van der Waals surface area contributed by atoms with Crippen LogP contribution >= 0.6 is 0 Å². The summed E-state index contributed by atoms with van der Waals surface area (Å²) in [7, 11) is 3.66. The van der Waals surface area contributed by atoms with Gasteiger partial charge >= 0.3 is 0 Å². The number of nitrogens with one attached hydrogen (secondary N) is 1. The van der Waals surface area contributed by atoms with Gasteiger partial charge in [-0.3, -0.25) is 0 Å². The SMILES string of the molecule is CCCC(COCCCOCCOC)NC. The van der Waals surface area contributed by atoms with Gasteiger partial charge in [-0.05, 0) is 19.9 Å². The van der Waals surface area contributed by atoms with Crippen molar-refractivity contribution in [1.82, 2.24) is 5.32 Å². The highest BCUT2D eigenvalue weighted by Gasteiger charge is 2.03. The summed E-state index contributed by atoms with van der Waals surface area (Å²) in [4.78, 5) is 0. The summed E-state index contributed by atoms with van der Waals surface area (Å²) in [6.07, 6.45) is 3.31. The second kappa shape index (κ2) is 12.9. The van der Waals surface area contributed by atoms with Gasteiger partial charge in [-0.25, -0.2) is 0 Å². The third kappa shape index (κ3) is 10.4. The maximum atomic E-state index is 5.57. The Morgan fingerprint density at radius 3 is 2.44 bits per heavy atom. The van der Waals surface area contributed by atoms with Crippen molar-refractivity contribution < 1.29 is 14.2 Å². The summed E-state index contributed by atoms with van der Waals surface area (Å²) >= 11 is 0. The summed E-state index contributed by atoms with van der Waals surface area (Å²) in [5, 5.41) is 3.25. The highest BCUT2D eigenvalue weighted by atomic mass is 16.5. The van der Waals surface area contributed by atoms with Crippen LogP contribution in [0.5, 0.6) is 0 Å². The lowest BCUT2D eigenvalue weighted by Gasteiger charge is -2.15. The van der Waals surface area contributed by atoms with Crippen molar-refractivity contribution in [3.63, 3.8) is 0 Å². The molecule has 16 heavy (non-hydrogen) atoms. The molecule has 1 atom stereocenters. The van der Waals surface area contributed by atoms with E-state index in [-0.39, 0.29) is 0 Å². The minimum Gasteiger partial charge on any atom is -0.382 e. The minimum atomic E-state index is 0.486. The molecule has 0 fully saturated rings. The first-order valence-electron chi connectivity index (χ1n) is 6.16. The normalized spacial score (nSPS) is 12.9. The fourth-order valence-corrected chi connectivity index (χ4v) is 1.39. The number of hydrogen-bond acceptors (Lipinski definition) is 4. The van der Waals surface area contributed by atoms with E-state index in [4.69, 9.17) is 14.2 Å². The van der Waals surface area contributed by atoms with Gasteiger partial charge in [0.25, 0.3) is 0 Å².